The van der Waals surface area contributed by atoms with Gasteiger partial charge in [-0.05, 0) is 17.7 Å². The minimum Gasteiger partial charge on any atom is -0.497 e. The van der Waals surface area contributed by atoms with Crippen molar-refractivity contribution in [2.24, 2.45) is 0 Å². The zero-order valence-corrected chi connectivity index (χ0v) is 16.9. The van der Waals surface area contributed by atoms with Gasteiger partial charge in [-0.1, -0.05) is 12.1 Å². The van der Waals surface area contributed by atoms with Crippen LogP contribution in [0.15, 0.2) is 36.9 Å². The molecular formula is C20H26N6O3. The number of morpholine rings is 1. The summed E-state index contributed by atoms with van der Waals surface area (Å²) < 4.78 is 13.3. The highest BCUT2D eigenvalue weighted by atomic mass is 16.5. The minimum atomic E-state index is -0.297. The van der Waals surface area contributed by atoms with Gasteiger partial charge in [0, 0.05) is 33.7 Å². The second-order valence-corrected chi connectivity index (χ2v) is 7.35. The van der Waals surface area contributed by atoms with E-state index >= 15 is 0 Å². The summed E-state index contributed by atoms with van der Waals surface area (Å²) in [6, 6.07) is 8.03. The second-order valence-electron chi connectivity index (χ2n) is 7.35. The van der Waals surface area contributed by atoms with Crippen LogP contribution in [0.2, 0.25) is 0 Å². The summed E-state index contributed by atoms with van der Waals surface area (Å²) in [6.07, 6.45) is 2.70. The lowest BCUT2D eigenvalue weighted by atomic mass is 10.1. The predicted molar refractivity (Wildman–Crippen MR) is 109 cm³/mol. The van der Waals surface area contributed by atoms with Crippen LogP contribution in [-0.4, -0.2) is 76.5 Å². The van der Waals surface area contributed by atoms with E-state index in [9.17, 15) is 5.11 Å². The van der Waals surface area contributed by atoms with Gasteiger partial charge in [0.2, 0.25) is 0 Å². The number of hydrogen-bond acceptors (Lipinski definition) is 8. The van der Waals surface area contributed by atoms with Crippen molar-refractivity contribution < 1.29 is 14.6 Å². The number of nitrogens with zero attached hydrogens (tertiary/aromatic N) is 6. The summed E-state index contributed by atoms with van der Waals surface area (Å²) in [5, 5.41) is 9.76. The molecule has 0 bridgehead atoms. The van der Waals surface area contributed by atoms with Crippen molar-refractivity contribution in [3.63, 3.8) is 0 Å². The lowest BCUT2D eigenvalue weighted by Crippen LogP contribution is -2.46. The van der Waals surface area contributed by atoms with Gasteiger partial charge in [-0.3, -0.25) is 9.47 Å². The SMILES string of the molecule is COc1ccc(CN2C[C@@H](CO)O[C@@H](n3cnc4c(N(C)C)ncnc43)C2)cc1. The monoisotopic (exact) mass is 398 g/mol. The average molecular weight is 398 g/mol. The van der Waals surface area contributed by atoms with E-state index in [-0.39, 0.29) is 18.9 Å². The zero-order chi connectivity index (χ0) is 20.4. The second kappa shape index (κ2) is 8.32. The van der Waals surface area contributed by atoms with Crippen LogP contribution < -0.4 is 9.64 Å². The summed E-state index contributed by atoms with van der Waals surface area (Å²) in [6.45, 7) is 2.03. The first kappa shape index (κ1) is 19.6. The van der Waals surface area contributed by atoms with E-state index in [1.807, 2.05) is 35.7 Å². The number of ether oxygens (including phenoxy) is 2. The summed E-state index contributed by atoms with van der Waals surface area (Å²) in [7, 11) is 5.51. The molecule has 29 heavy (non-hydrogen) atoms. The van der Waals surface area contributed by atoms with E-state index in [0.717, 1.165) is 29.3 Å². The fraction of sp³-hybridized carbons (Fsp3) is 0.450. The van der Waals surface area contributed by atoms with Gasteiger partial charge in [0.05, 0.1) is 26.1 Å². The number of benzene rings is 1. The molecule has 0 unspecified atom stereocenters. The number of rotatable bonds is 6. The Morgan fingerprint density at radius 3 is 2.66 bits per heavy atom. The van der Waals surface area contributed by atoms with E-state index in [1.165, 1.54) is 11.9 Å². The van der Waals surface area contributed by atoms with Crippen LogP contribution >= 0.6 is 0 Å². The van der Waals surface area contributed by atoms with Crippen molar-refractivity contribution in [2.75, 3.05) is 45.8 Å². The summed E-state index contributed by atoms with van der Waals surface area (Å²) in [5.74, 6) is 1.60. The Bertz CT molecular complexity index is 959. The van der Waals surface area contributed by atoms with Crippen LogP contribution in [0.5, 0.6) is 5.75 Å². The van der Waals surface area contributed by atoms with Crippen molar-refractivity contribution in [1.29, 1.82) is 0 Å². The Morgan fingerprint density at radius 2 is 1.97 bits per heavy atom. The molecule has 9 nitrogen and oxygen atoms in total. The molecule has 1 saturated heterocycles. The van der Waals surface area contributed by atoms with Crippen LogP contribution in [0.1, 0.15) is 11.8 Å². The number of aliphatic hydroxyl groups excluding tert-OH is 1. The smallest absolute Gasteiger partial charge is 0.167 e. The Hall–Kier alpha value is -2.75. The van der Waals surface area contributed by atoms with E-state index in [0.29, 0.717) is 13.1 Å². The fourth-order valence-electron chi connectivity index (χ4n) is 3.64. The van der Waals surface area contributed by atoms with Crippen molar-refractivity contribution in [2.45, 2.75) is 18.9 Å². The third kappa shape index (κ3) is 4.02. The molecule has 2 aromatic heterocycles. The molecule has 154 valence electrons. The van der Waals surface area contributed by atoms with Gasteiger partial charge in [0.1, 0.15) is 18.3 Å². The molecule has 0 saturated carbocycles. The molecule has 1 aliphatic rings. The highest BCUT2D eigenvalue weighted by molar-refractivity contribution is 5.83. The maximum absolute atomic E-state index is 9.76. The topological polar surface area (TPSA) is 88.8 Å². The van der Waals surface area contributed by atoms with Gasteiger partial charge < -0.3 is 19.5 Å². The third-order valence-electron chi connectivity index (χ3n) is 5.07. The van der Waals surface area contributed by atoms with E-state index in [4.69, 9.17) is 9.47 Å². The quantitative estimate of drug-likeness (QED) is 0.665. The molecule has 0 aliphatic carbocycles. The first-order chi connectivity index (χ1) is 14.1. The lowest BCUT2D eigenvalue weighted by molar-refractivity contribution is -0.135. The van der Waals surface area contributed by atoms with Crippen molar-refractivity contribution in [3.8, 4) is 5.75 Å². The number of fused-ring (bicyclic) bond motifs is 1. The largest absolute Gasteiger partial charge is 0.497 e. The van der Waals surface area contributed by atoms with E-state index in [2.05, 4.69) is 32.0 Å². The van der Waals surface area contributed by atoms with Crippen molar-refractivity contribution >= 4 is 17.0 Å². The lowest BCUT2D eigenvalue weighted by Gasteiger charge is -2.38. The molecule has 0 radical (unpaired) electrons. The van der Waals surface area contributed by atoms with Crippen LogP contribution in [-0.2, 0) is 11.3 Å². The molecule has 3 aromatic rings. The molecule has 0 spiro atoms. The zero-order valence-electron chi connectivity index (χ0n) is 16.9. The van der Waals surface area contributed by atoms with Crippen LogP contribution in [0.25, 0.3) is 11.2 Å². The van der Waals surface area contributed by atoms with E-state index < -0.39 is 0 Å². The number of anilines is 1. The minimum absolute atomic E-state index is 0.0415. The van der Waals surface area contributed by atoms with Crippen LogP contribution in [0.4, 0.5) is 5.82 Å². The molecule has 1 aliphatic heterocycles. The molecule has 4 rings (SSSR count). The Kier molecular flexibility index (Phi) is 5.61. The van der Waals surface area contributed by atoms with Crippen molar-refractivity contribution in [3.05, 3.63) is 42.5 Å². The van der Waals surface area contributed by atoms with Gasteiger partial charge in [-0.2, -0.15) is 0 Å². The van der Waals surface area contributed by atoms with E-state index in [1.54, 1.807) is 13.4 Å². The summed E-state index contributed by atoms with van der Waals surface area (Å²) in [4.78, 5) is 17.4. The molecule has 1 N–H and O–H groups in total. The number of hydrogen-bond donors (Lipinski definition) is 1. The summed E-state index contributed by atoms with van der Waals surface area (Å²) in [5.41, 5.74) is 2.63. The van der Waals surface area contributed by atoms with Gasteiger partial charge in [0.25, 0.3) is 0 Å². The first-order valence-electron chi connectivity index (χ1n) is 9.55. The molecule has 3 heterocycles. The average Bonchev–Trinajstić information content (AvgIpc) is 3.18. The molecule has 1 fully saturated rings. The van der Waals surface area contributed by atoms with Crippen LogP contribution in [0, 0.1) is 0 Å². The molecule has 2 atom stereocenters. The van der Waals surface area contributed by atoms with Gasteiger partial charge in [-0.15, -0.1) is 0 Å². The maximum atomic E-state index is 9.76. The highest BCUT2D eigenvalue weighted by Gasteiger charge is 2.30. The Labute approximate surface area is 169 Å². The predicted octanol–water partition coefficient (Wildman–Crippen LogP) is 1.29. The normalized spacial score (nSPS) is 20.1. The summed E-state index contributed by atoms with van der Waals surface area (Å²) >= 11 is 0. The number of aromatic nitrogens is 4. The number of methoxy groups -OCH3 is 1. The number of imidazole rings is 1. The van der Waals surface area contributed by atoms with Gasteiger partial charge >= 0.3 is 0 Å². The van der Waals surface area contributed by atoms with Crippen molar-refractivity contribution in [1.82, 2.24) is 24.4 Å². The molecule has 0 amide bonds. The maximum Gasteiger partial charge on any atom is 0.167 e. The Balaban J connectivity index is 1.58. The third-order valence-corrected chi connectivity index (χ3v) is 5.07. The Morgan fingerprint density at radius 1 is 1.17 bits per heavy atom. The molecule has 1 aromatic carbocycles. The van der Waals surface area contributed by atoms with Gasteiger partial charge in [-0.25, -0.2) is 15.0 Å². The molecule has 9 heteroatoms. The van der Waals surface area contributed by atoms with Gasteiger partial charge in [0.15, 0.2) is 17.0 Å². The fourth-order valence-corrected chi connectivity index (χ4v) is 3.64. The molecular weight excluding hydrogens is 372 g/mol. The van der Waals surface area contributed by atoms with Crippen LogP contribution in [0.3, 0.4) is 0 Å². The highest BCUT2D eigenvalue weighted by Crippen LogP contribution is 2.27. The first-order valence-corrected chi connectivity index (χ1v) is 9.55. The standard InChI is InChI=1S/C20H26N6O3/c1-24(2)19-18-20(22-12-21-19)26(13-23-18)17-10-25(9-16(11-27)29-17)8-14-4-6-15(28-3)7-5-14/h4-7,12-13,16-17,27H,8-11H2,1-3H3/t16-,17+/m0/s1. The number of aliphatic hydroxyl groups is 1.